The summed E-state index contributed by atoms with van der Waals surface area (Å²) in [6, 6.07) is 12.9. The van der Waals surface area contributed by atoms with Crippen molar-refractivity contribution in [2.24, 2.45) is 0 Å². The molecule has 0 bridgehead atoms. The molecule has 2 heterocycles. The van der Waals surface area contributed by atoms with Crippen LogP contribution in [0.4, 0.5) is 24.5 Å². The van der Waals surface area contributed by atoms with E-state index in [0.717, 1.165) is 26.2 Å². The summed E-state index contributed by atoms with van der Waals surface area (Å²) < 4.78 is 39.4. The minimum atomic E-state index is -4.72. The number of para-hydroxylation sites is 1. The van der Waals surface area contributed by atoms with Crippen molar-refractivity contribution in [2.45, 2.75) is 6.18 Å². The van der Waals surface area contributed by atoms with Gasteiger partial charge in [-0.25, -0.2) is 4.98 Å². The van der Waals surface area contributed by atoms with Gasteiger partial charge in [-0.2, -0.15) is 13.2 Å². The molecule has 158 valence electrons. The van der Waals surface area contributed by atoms with Crippen molar-refractivity contribution in [2.75, 3.05) is 5.43 Å². The minimum Gasteiger partial charge on any atom is -0.292 e. The summed E-state index contributed by atoms with van der Waals surface area (Å²) in [4.78, 5) is 28.2. The van der Waals surface area contributed by atoms with Crippen LogP contribution in [0.15, 0.2) is 54.6 Å². The maximum atomic E-state index is 12.8. The van der Waals surface area contributed by atoms with E-state index in [1.54, 1.807) is 12.1 Å². The molecule has 0 saturated heterocycles. The van der Waals surface area contributed by atoms with Crippen LogP contribution in [0.2, 0.25) is 0 Å². The number of anilines is 1. The molecule has 0 aliphatic heterocycles. The van der Waals surface area contributed by atoms with Gasteiger partial charge in [0, 0.05) is 6.07 Å². The lowest BCUT2D eigenvalue weighted by Gasteiger charge is -2.11. The van der Waals surface area contributed by atoms with E-state index in [1.807, 2.05) is 24.3 Å². The molecule has 0 aliphatic carbocycles. The lowest BCUT2D eigenvalue weighted by Crippen LogP contribution is -2.29. The summed E-state index contributed by atoms with van der Waals surface area (Å²) in [5.41, 5.74) is 3.22. The summed E-state index contributed by atoms with van der Waals surface area (Å²) in [7, 11) is 0. The molecule has 4 rings (SSSR count). The van der Waals surface area contributed by atoms with Crippen LogP contribution in [-0.2, 0) is 6.18 Å². The number of nitrogens with one attached hydrogen (secondary N) is 2. The monoisotopic (exact) mass is 464 g/mol. The van der Waals surface area contributed by atoms with Gasteiger partial charge >= 0.3 is 6.18 Å². The number of alkyl halides is 3. The zero-order valence-electron chi connectivity index (χ0n) is 15.3. The first-order valence-electron chi connectivity index (χ1n) is 8.60. The average molecular weight is 464 g/mol. The van der Waals surface area contributed by atoms with E-state index in [2.05, 4.69) is 15.8 Å². The number of halogens is 3. The average Bonchev–Trinajstić information content (AvgIpc) is 3.38. The second-order valence-corrected chi connectivity index (χ2v) is 8.33. The number of aromatic nitrogens is 1. The Labute approximate surface area is 180 Å². The summed E-state index contributed by atoms with van der Waals surface area (Å²) in [5.74, 6) is -0.591. The molecule has 12 heteroatoms. The molecule has 0 radical (unpaired) electrons. The first-order valence-corrected chi connectivity index (χ1v) is 10.2. The maximum Gasteiger partial charge on any atom is 0.416 e. The molecule has 1 amide bonds. The third-order valence-electron chi connectivity index (χ3n) is 4.17. The highest BCUT2D eigenvalue weighted by molar-refractivity contribution is 7.26. The molecule has 0 saturated carbocycles. The van der Waals surface area contributed by atoms with Gasteiger partial charge < -0.3 is 0 Å². The smallest absolute Gasteiger partial charge is 0.292 e. The number of nitro benzene ring substituents is 1. The Bertz CT molecular complexity index is 1270. The fraction of sp³-hybridized carbons (Fsp3) is 0.0526. The van der Waals surface area contributed by atoms with Crippen LogP contribution in [-0.4, -0.2) is 15.8 Å². The molecule has 0 fully saturated rings. The first kappa shape index (κ1) is 20.8. The number of benzene rings is 2. The number of thiazole rings is 1. The number of hydrogen-bond acceptors (Lipinski definition) is 7. The Morgan fingerprint density at radius 2 is 1.84 bits per heavy atom. The third-order valence-corrected chi connectivity index (χ3v) is 6.46. The van der Waals surface area contributed by atoms with E-state index in [-0.39, 0.29) is 5.69 Å². The van der Waals surface area contributed by atoms with Crippen LogP contribution in [0.5, 0.6) is 0 Å². The maximum absolute atomic E-state index is 12.8. The van der Waals surface area contributed by atoms with Crippen molar-refractivity contribution in [1.82, 2.24) is 10.4 Å². The number of carbonyl (C=O) groups excluding carboxylic acids is 1. The van der Waals surface area contributed by atoms with Crippen molar-refractivity contribution < 1.29 is 22.9 Å². The summed E-state index contributed by atoms with van der Waals surface area (Å²) in [6.45, 7) is 0. The standard InChI is InChI=1S/C19H11F3N4O3S2/c20-19(21,22)10-5-6-11(13(9-10)26(28)29)24-25-17(27)15-7-8-16(30-15)18-23-12-3-1-2-4-14(12)31-18/h1-9,24H,(H,25,27). The number of rotatable bonds is 5. The van der Waals surface area contributed by atoms with Gasteiger partial charge in [-0.1, -0.05) is 12.1 Å². The second-order valence-electron chi connectivity index (χ2n) is 6.22. The predicted octanol–water partition coefficient (Wildman–Crippen LogP) is 5.71. The van der Waals surface area contributed by atoms with Crippen LogP contribution in [0.3, 0.4) is 0 Å². The Morgan fingerprint density at radius 1 is 1.06 bits per heavy atom. The minimum absolute atomic E-state index is 0.269. The number of hydrazine groups is 1. The largest absolute Gasteiger partial charge is 0.416 e. The van der Waals surface area contributed by atoms with Crippen molar-refractivity contribution in [3.63, 3.8) is 0 Å². The van der Waals surface area contributed by atoms with E-state index in [0.29, 0.717) is 17.0 Å². The second kappa shape index (κ2) is 7.96. The number of carbonyl (C=O) groups is 1. The summed E-state index contributed by atoms with van der Waals surface area (Å²) in [5, 5.41) is 11.9. The fourth-order valence-corrected chi connectivity index (χ4v) is 4.62. The van der Waals surface area contributed by atoms with Gasteiger partial charge in [0.2, 0.25) is 0 Å². The number of nitro groups is 1. The van der Waals surface area contributed by atoms with E-state index < -0.39 is 28.3 Å². The number of hydrogen-bond donors (Lipinski definition) is 2. The molecule has 4 aromatic rings. The molecule has 7 nitrogen and oxygen atoms in total. The van der Waals surface area contributed by atoms with Crippen LogP contribution >= 0.6 is 22.7 Å². The highest BCUT2D eigenvalue weighted by atomic mass is 32.1. The molecule has 31 heavy (non-hydrogen) atoms. The van der Waals surface area contributed by atoms with Crippen LogP contribution < -0.4 is 10.9 Å². The van der Waals surface area contributed by atoms with Gasteiger partial charge in [0.25, 0.3) is 11.6 Å². The first-order chi connectivity index (χ1) is 14.7. The zero-order valence-corrected chi connectivity index (χ0v) is 16.9. The highest BCUT2D eigenvalue weighted by Crippen LogP contribution is 2.36. The molecular weight excluding hydrogens is 453 g/mol. The number of nitrogens with zero attached hydrogens (tertiary/aromatic N) is 2. The lowest BCUT2D eigenvalue weighted by atomic mass is 10.1. The molecule has 0 unspecified atom stereocenters. The van der Waals surface area contributed by atoms with Crippen molar-refractivity contribution in [3.8, 4) is 9.88 Å². The number of thiophene rings is 1. The Morgan fingerprint density at radius 3 is 2.55 bits per heavy atom. The third kappa shape index (κ3) is 4.34. The SMILES string of the molecule is O=C(NNc1ccc(C(F)(F)F)cc1[N+](=O)[O-])c1ccc(-c2nc3ccccc3s2)s1. The molecule has 0 aliphatic rings. The van der Waals surface area contributed by atoms with Gasteiger partial charge in [-0.05, 0) is 36.4 Å². The lowest BCUT2D eigenvalue weighted by molar-refractivity contribution is -0.384. The van der Waals surface area contributed by atoms with Crippen LogP contribution in [0.1, 0.15) is 15.2 Å². The molecule has 2 N–H and O–H groups in total. The normalized spacial score (nSPS) is 11.5. The number of fused-ring (bicyclic) bond motifs is 1. The molecule has 2 aromatic heterocycles. The Hall–Kier alpha value is -3.51. The highest BCUT2D eigenvalue weighted by Gasteiger charge is 2.33. The van der Waals surface area contributed by atoms with Gasteiger partial charge in [0.05, 0.1) is 30.5 Å². The summed E-state index contributed by atoms with van der Waals surface area (Å²) in [6.07, 6.45) is -4.72. The van der Waals surface area contributed by atoms with Crippen LogP contribution in [0.25, 0.3) is 20.1 Å². The van der Waals surface area contributed by atoms with Crippen molar-refractivity contribution in [3.05, 3.63) is 75.2 Å². The van der Waals surface area contributed by atoms with E-state index in [9.17, 15) is 28.1 Å². The van der Waals surface area contributed by atoms with E-state index in [4.69, 9.17) is 0 Å². The van der Waals surface area contributed by atoms with Gasteiger partial charge in [-0.3, -0.25) is 25.8 Å². The summed E-state index contributed by atoms with van der Waals surface area (Å²) >= 11 is 2.65. The molecule has 0 spiro atoms. The van der Waals surface area contributed by atoms with Crippen molar-refractivity contribution >= 4 is 50.2 Å². The van der Waals surface area contributed by atoms with E-state index >= 15 is 0 Å². The molecule has 2 aromatic carbocycles. The zero-order chi connectivity index (χ0) is 22.2. The topological polar surface area (TPSA) is 97.2 Å². The van der Waals surface area contributed by atoms with E-state index in [1.165, 1.54) is 22.7 Å². The van der Waals surface area contributed by atoms with Gasteiger partial charge in [-0.15, -0.1) is 22.7 Å². The van der Waals surface area contributed by atoms with Gasteiger partial charge in [0.15, 0.2) is 0 Å². The predicted molar refractivity (Wildman–Crippen MR) is 112 cm³/mol. The number of amides is 1. The Balaban J connectivity index is 1.50. The van der Waals surface area contributed by atoms with Crippen molar-refractivity contribution in [1.29, 1.82) is 0 Å². The molecule has 0 atom stereocenters. The fourth-order valence-electron chi connectivity index (χ4n) is 2.70. The van der Waals surface area contributed by atoms with Gasteiger partial charge in [0.1, 0.15) is 10.7 Å². The quantitative estimate of drug-likeness (QED) is 0.291. The van der Waals surface area contributed by atoms with Crippen LogP contribution in [0, 0.1) is 10.1 Å². The Kier molecular flexibility index (Phi) is 5.33. The molecular formula is C19H11F3N4O3S2.